The average Bonchev–Trinajstić information content (AvgIpc) is 3.10. The van der Waals surface area contributed by atoms with Crippen LogP contribution in [0.15, 0.2) is 60.7 Å². The van der Waals surface area contributed by atoms with Crippen LogP contribution in [-0.4, -0.2) is 30.3 Å². The number of rotatable bonds is 1. The first-order valence-electron chi connectivity index (χ1n) is 5.43. The van der Waals surface area contributed by atoms with E-state index in [9.17, 15) is 14.4 Å². The Morgan fingerprint density at radius 3 is 1.52 bits per heavy atom. The molecule has 0 unspecified atom stereocenters. The van der Waals surface area contributed by atoms with Gasteiger partial charge in [-0.25, -0.2) is 12.1 Å². The number of benzene rings is 1. The summed E-state index contributed by atoms with van der Waals surface area (Å²) in [5, 5.41) is 0. The molecule has 21 heavy (non-hydrogen) atoms. The van der Waals surface area contributed by atoms with Crippen molar-refractivity contribution < 1.29 is 30.3 Å². The Morgan fingerprint density at radius 2 is 1.33 bits per heavy atom. The summed E-state index contributed by atoms with van der Waals surface area (Å²) < 4.78 is 4.96. The molecule has 2 rings (SSSR count). The molecule has 0 saturated carbocycles. The maximum Gasteiger partial charge on any atom is -0.172 e. The molecule has 109 valence electrons. The minimum absolute atomic E-state index is 1.14. The zero-order chi connectivity index (χ0) is 15.9. The van der Waals surface area contributed by atoms with Gasteiger partial charge in [0.2, 0.25) is 0 Å². The third-order valence-corrected chi connectivity index (χ3v) is 8.15. The maximum absolute atomic E-state index is 9.39. The normalized spacial score (nSPS) is 7.95. The fourth-order valence-electron chi connectivity index (χ4n) is 0.936. The van der Waals surface area contributed by atoms with Crippen LogP contribution in [0.5, 0.6) is 0 Å². The molecule has 0 aliphatic carbocycles. The molecule has 0 saturated heterocycles. The van der Waals surface area contributed by atoms with Crippen LogP contribution < -0.4 is 3.58 Å². The van der Waals surface area contributed by atoms with Crippen molar-refractivity contribution in [1.82, 2.24) is 0 Å². The van der Waals surface area contributed by atoms with E-state index in [1.165, 1.54) is 12.8 Å². The zero-order valence-corrected chi connectivity index (χ0v) is 17.0. The standard InChI is InChI=1S/C6H5.C5H5.3CO.2ClH.Mo.Sn/c1-2-4-6-5-3-1;1-2-4-5-3-1;3*1-2;;;;/h1-5H;1-5H;;;;2*1H;;/q;-1;;;;;;;+2/p-2. The number of hydrogen-bond acceptors (Lipinski definition) is 3. The van der Waals surface area contributed by atoms with Gasteiger partial charge in [-0.1, -0.05) is 0 Å². The van der Waals surface area contributed by atoms with Crippen LogP contribution in [0.1, 0.15) is 0 Å². The molecule has 0 heterocycles. The molecule has 0 spiro atoms. The molecule has 0 aliphatic heterocycles. The largest absolute Gasteiger partial charge is 0.214 e. The maximum atomic E-state index is 9.39. The minimum Gasteiger partial charge on any atom is -0.214 e. The van der Waals surface area contributed by atoms with Gasteiger partial charge >= 0.3 is 112 Å². The fourth-order valence-corrected chi connectivity index (χ4v) is 4.15. The van der Waals surface area contributed by atoms with Crippen LogP contribution in [0.2, 0.25) is 0 Å². The van der Waals surface area contributed by atoms with E-state index in [-0.39, 0.29) is 0 Å². The Kier molecular flexibility index (Phi) is 13.9. The Bertz CT molecular complexity index is 646. The van der Waals surface area contributed by atoms with E-state index in [4.69, 9.17) is 17.8 Å². The van der Waals surface area contributed by atoms with Crippen LogP contribution in [0.3, 0.4) is 0 Å². The van der Waals surface area contributed by atoms with E-state index < -0.39 is 33.4 Å². The first-order chi connectivity index (χ1) is 10.2. The number of carbonyl (C=O) groups excluding carboxylic acids is 3. The molecule has 7 heteroatoms. The quantitative estimate of drug-likeness (QED) is 0.435. The smallest absolute Gasteiger partial charge is 0.172 e. The van der Waals surface area contributed by atoms with Gasteiger partial charge in [-0.3, -0.25) is 0 Å². The predicted octanol–water partition coefficient (Wildman–Crippen LogP) is 2.07. The second kappa shape index (κ2) is 14.3. The van der Waals surface area contributed by atoms with Crippen molar-refractivity contribution in [2.24, 2.45) is 0 Å². The summed E-state index contributed by atoms with van der Waals surface area (Å²) in [5.74, 6) is 0. The topological polar surface area (TPSA) is 51.2 Å². The number of halogens is 2. The molecule has 2 aromatic rings. The first-order valence-corrected chi connectivity index (χ1v) is 17.1. The molecule has 2 aromatic carbocycles. The average molecular weight is 512 g/mol. The SMILES string of the molecule is O=[C]=[Mo](=[C]=O)=[C]=O.[Cl][Sn]([Cl])[c]1ccccc1.c1cc[cH-]c1. The molecule has 0 atom stereocenters. The van der Waals surface area contributed by atoms with Crippen molar-refractivity contribution in [2.75, 3.05) is 0 Å². The summed E-state index contributed by atoms with van der Waals surface area (Å²) in [6.07, 6.45) is 0. The van der Waals surface area contributed by atoms with Crippen molar-refractivity contribution >= 4 is 51.7 Å². The first kappa shape index (κ1) is 20.4. The van der Waals surface area contributed by atoms with E-state index in [0.717, 1.165) is 3.58 Å². The summed E-state index contributed by atoms with van der Waals surface area (Å²) >= 11 is -4.93. The Morgan fingerprint density at radius 1 is 0.857 bits per heavy atom. The Balaban J connectivity index is 0.000000298. The van der Waals surface area contributed by atoms with Gasteiger partial charge in [-0.05, 0) is 0 Å². The molecular weight excluding hydrogens is 502 g/mol. The van der Waals surface area contributed by atoms with Crippen LogP contribution in [0.4, 0.5) is 0 Å². The van der Waals surface area contributed by atoms with Gasteiger partial charge in [0, 0.05) is 0 Å². The van der Waals surface area contributed by atoms with Crippen molar-refractivity contribution in [3.8, 4) is 0 Å². The van der Waals surface area contributed by atoms with E-state index in [0.29, 0.717) is 0 Å². The Labute approximate surface area is 141 Å². The minimum atomic E-state index is -2.85. The van der Waals surface area contributed by atoms with Crippen molar-refractivity contribution in [2.45, 2.75) is 0 Å². The second-order valence-corrected chi connectivity index (χ2v) is 15.4. The van der Waals surface area contributed by atoms with Crippen LogP contribution in [0.25, 0.3) is 0 Å². The third kappa shape index (κ3) is 11.7. The van der Waals surface area contributed by atoms with E-state index in [1.54, 1.807) is 0 Å². The molecule has 0 aromatic heterocycles. The van der Waals surface area contributed by atoms with Gasteiger partial charge in [0.05, 0.1) is 0 Å². The van der Waals surface area contributed by atoms with Crippen LogP contribution >= 0.6 is 17.8 Å². The van der Waals surface area contributed by atoms with Gasteiger partial charge in [0.1, 0.15) is 0 Å². The van der Waals surface area contributed by atoms with Crippen molar-refractivity contribution in [1.29, 1.82) is 0 Å². The monoisotopic (exact) mass is 514 g/mol. The van der Waals surface area contributed by atoms with Crippen molar-refractivity contribution in [3.05, 3.63) is 60.7 Å². The zero-order valence-electron chi connectivity index (χ0n) is 10.7. The van der Waals surface area contributed by atoms with E-state index >= 15 is 0 Å². The summed E-state index contributed by atoms with van der Waals surface area (Å²) in [7, 11) is 11.5. The van der Waals surface area contributed by atoms with Crippen molar-refractivity contribution in [3.63, 3.8) is 0 Å². The summed E-state index contributed by atoms with van der Waals surface area (Å²) in [6, 6.07) is 19.8. The molecule has 1 radical (unpaired) electrons. The van der Waals surface area contributed by atoms with E-state index in [2.05, 4.69) is 0 Å². The van der Waals surface area contributed by atoms with Gasteiger partial charge in [0.15, 0.2) is 0 Å². The summed E-state index contributed by atoms with van der Waals surface area (Å²) in [6.45, 7) is 0. The van der Waals surface area contributed by atoms with E-state index in [1.807, 2.05) is 60.7 Å². The third-order valence-electron chi connectivity index (χ3n) is 1.80. The predicted molar refractivity (Wildman–Crippen MR) is 82.7 cm³/mol. The molecule has 0 aliphatic rings. The van der Waals surface area contributed by atoms with Gasteiger partial charge in [-0.2, -0.15) is 18.2 Å². The van der Waals surface area contributed by atoms with Gasteiger partial charge in [0.25, 0.3) is 0 Å². The molecule has 0 fully saturated rings. The molecule has 0 bridgehead atoms. The fraction of sp³-hybridized carbons (Fsp3) is 0. The molecular formula is C14H10Cl2MoO3Sn-. The van der Waals surface area contributed by atoms with Gasteiger partial charge < -0.3 is 0 Å². The second-order valence-electron chi connectivity index (χ2n) is 3.14. The Hall–Kier alpha value is -0.623. The molecule has 0 amide bonds. The molecule has 0 N–H and O–H groups in total. The molecule has 3 nitrogen and oxygen atoms in total. The summed E-state index contributed by atoms with van der Waals surface area (Å²) in [4.78, 5) is 28.2. The van der Waals surface area contributed by atoms with Crippen LogP contribution in [0, 0.1) is 0 Å². The number of hydrogen-bond donors (Lipinski definition) is 0. The van der Waals surface area contributed by atoms with Gasteiger partial charge in [-0.15, -0.1) is 0 Å². The van der Waals surface area contributed by atoms with Crippen LogP contribution in [-0.2, 0) is 30.3 Å². The summed E-state index contributed by atoms with van der Waals surface area (Å²) in [5.41, 5.74) is 0.